The Balaban J connectivity index is 0.00000242. The summed E-state index contributed by atoms with van der Waals surface area (Å²) >= 11 is 0. The fourth-order valence-corrected chi connectivity index (χ4v) is 2.17. The summed E-state index contributed by atoms with van der Waals surface area (Å²) in [4.78, 5) is 4.31. The van der Waals surface area contributed by atoms with E-state index >= 15 is 0 Å². The minimum atomic E-state index is -4.25. The van der Waals surface area contributed by atoms with Crippen LogP contribution in [0, 0.1) is 0 Å². The number of guanidine groups is 1. The molecule has 22 heavy (non-hydrogen) atoms. The molecule has 1 aliphatic heterocycles. The molecule has 0 spiro atoms. The van der Waals surface area contributed by atoms with Gasteiger partial charge in [0.05, 0.1) is 5.56 Å². The normalized spacial score (nSPS) is 14.6. The fourth-order valence-electron chi connectivity index (χ4n) is 2.17. The summed E-state index contributed by atoms with van der Waals surface area (Å²) in [6.07, 6.45) is -0.498. The summed E-state index contributed by atoms with van der Waals surface area (Å²) in [7, 11) is 0. The Labute approximate surface area is 145 Å². The number of benzene rings is 1. The molecule has 0 radical (unpaired) electrons. The highest BCUT2D eigenvalue weighted by Crippen LogP contribution is 2.29. The predicted octanol–water partition coefficient (Wildman–Crippen LogP) is 3.59. The summed E-state index contributed by atoms with van der Waals surface area (Å²) in [5.74, 6) is 0.857. The maximum atomic E-state index is 12.4. The summed E-state index contributed by atoms with van der Waals surface area (Å²) < 4.78 is 37.3. The summed E-state index contributed by atoms with van der Waals surface area (Å²) in [5.41, 5.74) is 0.352. The molecule has 0 unspecified atom stereocenters. The Kier molecular flexibility index (Phi) is 7.98. The number of alkyl halides is 3. The van der Waals surface area contributed by atoms with Gasteiger partial charge in [-0.25, -0.2) is 0 Å². The van der Waals surface area contributed by atoms with Gasteiger partial charge in [-0.3, -0.25) is 4.99 Å². The molecule has 1 aromatic rings. The number of hydrogen-bond donors (Lipinski definition) is 2. The highest BCUT2D eigenvalue weighted by Gasteiger charge is 2.29. The van der Waals surface area contributed by atoms with E-state index in [9.17, 15) is 13.2 Å². The van der Waals surface area contributed by atoms with E-state index in [0.717, 1.165) is 69.0 Å². The molecule has 0 fully saturated rings. The lowest BCUT2D eigenvalue weighted by Gasteiger charge is -2.15. The largest absolute Gasteiger partial charge is 0.416 e. The monoisotopic (exact) mass is 427 g/mol. The fraction of sp³-hybridized carbons (Fsp3) is 0.533. The molecule has 0 aliphatic carbocycles. The lowest BCUT2D eigenvalue weighted by molar-refractivity contribution is -0.137. The van der Waals surface area contributed by atoms with Crippen LogP contribution in [0.1, 0.15) is 30.4 Å². The zero-order valence-corrected chi connectivity index (χ0v) is 14.6. The zero-order chi connectivity index (χ0) is 15.1. The Hall–Kier alpha value is -0.990. The second kappa shape index (κ2) is 9.22. The zero-order valence-electron chi connectivity index (χ0n) is 12.2. The molecule has 124 valence electrons. The average Bonchev–Trinajstić information content (AvgIpc) is 2.47. The Morgan fingerprint density at radius 2 is 1.86 bits per heavy atom. The number of nitrogens with zero attached hydrogens (tertiary/aromatic N) is 1. The van der Waals surface area contributed by atoms with Gasteiger partial charge in [0.25, 0.3) is 0 Å². The molecular weight excluding hydrogens is 406 g/mol. The second-order valence-corrected chi connectivity index (χ2v) is 5.09. The minimum Gasteiger partial charge on any atom is -0.356 e. The molecule has 0 aromatic heterocycles. The maximum absolute atomic E-state index is 12.4. The number of aliphatic imine (C=N–C) groups is 1. The van der Waals surface area contributed by atoms with Crippen molar-refractivity contribution in [1.29, 1.82) is 0 Å². The van der Waals surface area contributed by atoms with Crippen LogP contribution in [-0.2, 0) is 12.6 Å². The van der Waals surface area contributed by atoms with Crippen molar-refractivity contribution in [1.82, 2.24) is 10.6 Å². The van der Waals surface area contributed by atoms with Gasteiger partial charge in [0.15, 0.2) is 5.96 Å². The molecule has 1 heterocycles. The van der Waals surface area contributed by atoms with Crippen molar-refractivity contribution in [3.05, 3.63) is 35.4 Å². The van der Waals surface area contributed by atoms with Crippen LogP contribution < -0.4 is 10.6 Å². The second-order valence-electron chi connectivity index (χ2n) is 5.09. The van der Waals surface area contributed by atoms with E-state index in [0.29, 0.717) is 0 Å². The van der Waals surface area contributed by atoms with Gasteiger partial charge in [-0.05, 0) is 43.4 Å². The van der Waals surface area contributed by atoms with Crippen LogP contribution in [-0.4, -0.2) is 25.6 Å². The lowest BCUT2D eigenvalue weighted by atomic mass is 10.1. The SMILES string of the molecule is FC(F)(F)c1ccc(CCCCNC2=NCCCN2)cc1.I. The Bertz CT molecular complexity index is 472. The number of aryl methyl sites for hydroxylation is 1. The van der Waals surface area contributed by atoms with E-state index in [-0.39, 0.29) is 24.0 Å². The summed E-state index contributed by atoms with van der Waals surface area (Å²) in [5, 5.41) is 6.41. The topological polar surface area (TPSA) is 36.4 Å². The molecular formula is C15H21F3IN3. The van der Waals surface area contributed by atoms with Gasteiger partial charge in [-0.2, -0.15) is 13.2 Å². The highest BCUT2D eigenvalue weighted by molar-refractivity contribution is 14.0. The van der Waals surface area contributed by atoms with Gasteiger partial charge >= 0.3 is 6.18 Å². The summed E-state index contributed by atoms with van der Waals surface area (Å²) in [6, 6.07) is 5.41. The number of rotatable bonds is 5. The van der Waals surface area contributed by atoms with Gasteiger partial charge in [-0.15, -0.1) is 24.0 Å². The van der Waals surface area contributed by atoms with E-state index in [1.807, 2.05) is 0 Å². The van der Waals surface area contributed by atoms with Gasteiger partial charge in [0.2, 0.25) is 0 Å². The first-order valence-electron chi connectivity index (χ1n) is 7.24. The highest BCUT2D eigenvalue weighted by atomic mass is 127. The molecule has 0 saturated heterocycles. The molecule has 3 nitrogen and oxygen atoms in total. The van der Waals surface area contributed by atoms with Crippen LogP contribution in [0.2, 0.25) is 0 Å². The van der Waals surface area contributed by atoms with Gasteiger partial charge < -0.3 is 10.6 Å². The quantitative estimate of drug-likeness (QED) is 0.557. The van der Waals surface area contributed by atoms with E-state index in [1.54, 1.807) is 12.1 Å². The summed E-state index contributed by atoms with van der Waals surface area (Å²) in [6.45, 7) is 2.64. The van der Waals surface area contributed by atoms with Gasteiger partial charge in [0, 0.05) is 19.6 Å². The molecule has 2 rings (SSSR count). The van der Waals surface area contributed by atoms with Crippen LogP contribution >= 0.6 is 24.0 Å². The first-order valence-corrected chi connectivity index (χ1v) is 7.24. The van der Waals surface area contributed by atoms with Crippen LogP contribution in [0.3, 0.4) is 0 Å². The maximum Gasteiger partial charge on any atom is 0.416 e. The van der Waals surface area contributed by atoms with E-state index in [4.69, 9.17) is 0 Å². The number of hydrogen-bond acceptors (Lipinski definition) is 3. The lowest BCUT2D eigenvalue weighted by Crippen LogP contribution is -2.41. The van der Waals surface area contributed by atoms with E-state index < -0.39 is 11.7 Å². The van der Waals surface area contributed by atoms with Crippen molar-refractivity contribution in [2.45, 2.75) is 31.9 Å². The van der Waals surface area contributed by atoms with E-state index in [2.05, 4.69) is 15.6 Å². The third-order valence-corrected chi connectivity index (χ3v) is 3.36. The molecule has 1 aromatic carbocycles. The Morgan fingerprint density at radius 3 is 2.45 bits per heavy atom. The van der Waals surface area contributed by atoms with Gasteiger partial charge in [0.1, 0.15) is 0 Å². The van der Waals surface area contributed by atoms with Crippen molar-refractivity contribution >= 4 is 29.9 Å². The van der Waals surface area contributed by atoms with Crippen LogP contribution in [0.5, 0.6) is 0 Å². The number of halogens is 4. The predicted molar refractivity (Wildman–Crippen MR) is 92.7 cm³/mol. The van der Waals surface area contributed by atoms with Crippen molar-refractivity contribution < 1.29 is 13.2 Å². The van der Waals surface area contributed by atoms with Crippen molar-refractivity contribution in [3.8, 4) is 0 Å². The van der Waals surface area contributed by atoms with E-state index in [1.165, 1.54) is 0 Å². The smallest absolute Gasteiger partial charge is 0.356 e. The third-order valence-electron chi connectivity index (χ3n) is 3.36. The molecule has 1 aliphatic rings. The minimum absolute atomic E-state index is 0. The van der Waals surface area contributed by atoms with Crippen LogP contribution in [0.15, 0.2) is 29.3 Å². The molecule has 2 N–H and O–H groups in total. The van der Waals surface area contributed by atoms with Crippen molar-refractivity contribution in [2.24, 2.45) is 4.99 Å². The molecule has 0 saturated carbocycles. The van der Waals surface area contributed by atoms with Crippen LogP contribution in [0.4, 0.5) is 13.2 Å². The third kappa shape index (κ3) is 6.41. The Morgan fingerprint density at radius 1 is 1.14 bits per heavy atom. The van der Waals surface area contributed by atoms with Crippen LogP contribution in [0.25, 0.3) is 0 Å². The van der Waals surface area contributed by atoms with Gasteiger partial charge in [-0.1, -0.05) is 12.1 Å². The van der Waals surface area contributed by atoms with Crippen molar-refractivity contribution in [3.63, 3.8) is 0 Å². The number of nitrogens with one attached hydrogen (secondary N) is 2. The first kappa shape index (κ1) is 19.1. The first-order chi connectivity index (χ1) is 10.1. The number of unbranched alkanes of at least 4 members (excludes halogenated alkanes) is 1. The van der Waals surface area contributed by atoms with Crippen molar-refractivity contribution in [2.75, 3.05) is 19.6 Å². The molecule has 0 atom stereocenters. The molecule has 0 bridgehead atoms. The standard InChI is InChI=1S/C15H20F3N3.HI/c16-15(17,18)13-7-5-12(6-8-13)4-1-2-9-19-14-20-10-3-11-21-14;/h5-8H,1-4,9-11H2,(H2,19,20,21);1H. The molecule has 0 amide bonds. The molecule has 7 heteroatoms. The average molecular weight is 427 g/mol.